The van der Waals surface area contributed by atoms with Gasteiger partial charge < -0.3 is 24.0 Å². The topological polar surface area (TPSA) is 65.1 Å². The lowest BCUT2D eigenvalue weighted by Gasteiger charge is -2.23. The molecule has 0 fully saturated rings. The van der Waals surface area contributed by atoms with Crippen LogP contribution < -0.4 is 4.90 Å². The maximum Gasteiger partial charge on any atom is 0.305 e. The van der Waals surface area contributed by atoms with E-state index in [0.29, 0.717) is 44.8 Å². The minimum atomic E-state index is -0.752. The molecule has 0 aliphatic rings. The number of aromatic nitrogens is 1. The number of carbonyl (C=O) groups excluding carboxylic acids is 1. The molecule has 0 amide bonds. The van der Waals surface area contributed by atoms with E-state index in [9.17, 15) is 14.3 Å². The number of benzene rings is 1. The van der Waals surface area contributed by atoms with Crippen molar-refractivity contribution in [1.29, 1.82) is 0 Å². The number of halogens is 1. The van der Waals surface area contributed by atoms with Gasteiger partial charge in [0.1, 0.15) is 38.2 Å². The first-order chi connectivity index (χ1) is 14.0. The van der Waals surface area contributed by atoms with Crippen molar-refractivity contribution in [2.75, 3.05) is 33.4 Å². The number of quaternary nitrogens is 1. The van der Waals surface area contributed by atoms with E-state index in [1.54, 1.807) is 19.2 Å². The van der Waals surface area contributed by atoms with Crippen LogP contribution in [-0.2, 0) is 27.4 Å². The third-order valence-corrected chi connectivity index (χ3v) is 4.73. The van der Waals surface area contributed by atoms with Gasteiger partial charge in [0.2, 0.25) is 0 Å². The van der Waals surface area contributed by atoms with Crippen LogP contribution in [0.4, 0.5) is 4.39 Å². The van der Waals surface area contributed by atoms with Crippen molar-refractivity contribution >= 4 is 5.97 Å². The lowest BCUT2D eigenvalue weighted by Crippen LogP contribution is -3.12. The molecule has 1 aromatic carbocycles. The SMILES string of the molecule is CCCC(=O)OC[C@@H](O)C[NH+](CCOC)Cc1cccn1Cc1ccccc1F. The van der Waals surface area contributed by atoms with Crippen LogP contribution in [0.3, 0.4) is 0 Å². The van der Waals surface area contributed by atoms with Crippen molar-refractivity contribution in [3.05, 3.63) is 59.7 Å². The number of nitrogens with zero attached hydrogens (tertiary/aromatic N) is 1. The Bertz CT molecular complexity index is 750. The van der Waals surface area contributed by atoms with Gasteiger partial charge in [-0.1, -0.05) is 25.1 Å². The fraction of sp³-hybridized carbons (Fsp3) is 0.500. The van der Waals surface area contributed by atoms with Gasteiger partial charge in [0.05, 0.1) is 18.8 Å². The molecule has 0 saturated carbocycles. The third kappa shape index (κ3) is 7.97. The second kappa shape index (κ2) is 12.4. The number of ether oxygens (including phenoxy) is 2. The Morgan fingerprint density at radius 1 is 1.28 bits per heavy atom. The molecular formula is C22H32FN2O4+. The Hall–Kier alpha value is -2.22. The highest BCUT2D eigenvalue weighted by Crippen LogP contribution is 2.11. The smallest absolute Gasteiger partial charge is 0.305 e. The number of nitrogens with one attached hydrogen (secondary N) is 1. The number of hydrogen-bond acceptors (Lipinski definition) is 4. The zero-order valence-corrected chi connectivity index (χ0v) is 17.3. The van der Waals surface area contributed by atoms with Crippen LogP contribution in [-0.4, -0.2) is 55.2 Å². The summed E-state index contributed by atoms with van der Waals surface area (Å²) >= 11 is 0. The van der Waals surface area contributed by atoms with Gasteiger partial charge in [-0.25, -0.2) is 4.39 Å². The van der Waals surface area contributed by atoms with Crippen molar-refractivity contribution < 1.29 is 28.7 Å². The van der Waals surface area contributed by atoms with Gasteiger partial charge in [-0.05, 0) is 24.6 Å². The first kappa shape index (κ1) is 23.1. The summed E-state index contributed by atoms with van der Waals surface area (Å²) in [5, 5.41) is 10.3. The number of methoxy groups -OCH3 is 1. The summed E-state index contributed by atoms with van der Waals surface area (Å²) in [5.74, 6) is -0.510. The first-order valence-electron chi connectivity index (χ1n) is 10.1. The van der Waals surface area contributed by atoms with Crippen LogP contribution in [0.5, 0.6) is 0 Å². The quantitative estimate of drug-likeness (QED) is 0.493. The molecule has 160 valence electrons. The zero-order valence-electron chi connectivity index (χ0n) is 17.3. The molecule has 0 radical (unpaired) electrons. The Balaban J connectivity index is 1.98. The van der Waals surface area contributed by atoms with Gasteiger partial charge >= 0.3 is 5.97 Å². The number of carbonyl (C=O) groups is 1. The predicted molar refractivity (Wildman–Crippen MR) is 108 cm³/mol. The summed E-state index contributed by atoms with van der Waals surface area (Å²) in [7, 11) is 1.64. The number of aliphatic hydroxyl groups is 1. The number of rotatable bonds is 13. The summed E-state index contributed by atoms with van der Waals surface area (Å²) in [6.45, 7) is 4.66. The van der Waals surface area contributed by atoms with Crippen LogP contribution in [0, 0.1) is 5.82 Å². The molecule has 2 N–H and O–H groups in total. The highest BCUT2D eigenvalue weighted by atomic mass is 19.1. The second-order valence-electron chi connectivity index (χ2n) is 7.18. The fourth-order valence-electron chi connectivity index (χ4n) is 3.20. The molecule has 2 atom stereocenters. The van der Waals surface area contributed by atoms with Gasteiger partial charge in [0, 0.05) is 25.3 Å². The predicted octanol–water partition coefficient (Wildman–Crippen LogP) is 1.41. The molecule has 1 aromatic heterocycles. The highest BCUT2D eigenvalue weighted by molar-refractivity contribution is 5.69. The van der Waals surface area contributed by atoms with E-state index in [2.05, 4.69) is 0 Å². The van der Waals surface area contributed by atoms with Gasteiger partial charge in [0.25, 0.3) is 0 Å². The molecule has 6 nitrogen and oxygen atoms in total. The lowest BCUT2D eigenvalue weighted by atomic mass is 10.2. The van der Waals surface area contributed by atoms with Crippen molar-refractivity contribution in [2.24, 2.45) is 0 Å². The molecule has 0 saturated heterocycles. The molecule has 1 unspecified atom stereocenters. The summed E-state index contributed by atoms with van der Waals surface area (Å²) < 4.78 is 26.3. The van der Waals surface area contributed by atoms with Crippen LogP contribution in [0.2, 0.25) is 0 Å². The Labute approximate surface area is 171 Å². The van der Waals surface area contributed by atoms with E-state index in [1.165, 1.54) is 6.07 Å². The van der Waals surface area contributed by atoms with Crippen molar-refractivity contribution in [3.63, 3.8) is 0 Å². The Kier molecular flexibility index (Phi) is 9.83. The maximum absolute atomic E-state index is 14.0. The number of hydrogen-bond donors (Lipinski definition) is 2. The summed E-state index contributed by atoms with van der Waals surface area (Å²) in [6, 6.07) is 10.7. The monoisotopic (exact) mass is 407 g/mol. The van der Waals surface area contributed by atoms with Crippen molar-refractivity contribution in [2.45, 2.75) is 39.0 Å². The van der Waals surface area contributed by atoms with E-state index in [4.69, 9.17) is 9.47 Å². The normalized spacial score (nSPS) is 13.2. The Morgan fingerprint density at radius 2 is 2.07 bits per heavy atom. The molecule has 1 heterocycles. The molecule has 2 aromatic rings. The molecule has 0 bridgehead atoms. The molecule has 0 aliphatic carbocycles. The summed E-state index contributed by atoms with van der Waals surface area (Å²) in [5.41, 5.74) is 1.67. The van der Waals surface area contributed by atoms with Crippen molar-refractivity contribution in [3.8, 4) is 0 Å². The van der Waals surface area contributed by atoms with Crippen LogP contribution >= 0.6 is 0 Å². The molecule has 2 rings (SSSR count). The zero-order chi connectivity index (χ0) is 21.1. The third-order valence-electron chi connectivity index (χ3n) is 4.73. The second-order valence-corrected chi connectivity index (χ2v) is 7.18. The van der Waals surface area contributed by atoms with E-state index in [-0.39, 0.29) is 18.4 Å². The van der Waals surface area contributed by atoms with Crippen molar-refractivity contribution in [1.82, 2.24) is 4.57 Å². The Morgan fingerprint density at radius 3 is 2.79 bits per heavy atom. The van der Waals surface area contributed by atoms with Crippen LogP contribution in [0.25, 0.3) is 0 Å². The summed E-state index contributed by atoms with van der Waals surface area (Å²) in [4.78, 5) is 12.6. The number of aliphatic hydroxyl groups excluding tert-OH is 1. The number of esters is 1. The standard InChI is InChI=1S/C22H31FN2O4/c1-3-7-22(27)29-17-20(26)16-24(12-13-28-2)15-19-9-6-11-25(19)14-18-8-4-5-10-21(18)23/h4-6,8-11,20,26H,3,7,12-17H2,1-2H3/p+1/t20-/m0/s1. The van der Waals surface area contributed by atoms with Gasteiger partial charge in [-0.3, -0.25) is 4.79 Å². The van der Waals surface area contributed by atoms with Crippen LogP contribution in [0.15, 0.2) is 42.6 Å². The van der Waals surface area contributed by atoms with E-state index in [1.807, 2.05) is 35.9 Å². The fourth-order valence-corrected chi connectivity index (χ4v) is 3.20. The molecule has 0 spiro atoms. The maximum atomic E-state index is 14.0. The molecule has 29 heavy (non-hydrogen) atoms. The van der Waals surface area contributed by atoms with Gasteiger partial charge in [-0.15, -0.1) is 0 Å². The van der Waals surface area contributed by atoms with Gasteiger partial charge in [0.15, 0.2) is 0 Å². The average Bonchev–Trinajstić information content (AvgIpc) is 3.13. The molecular weight excluding hydrogens is 375 g/mol. The van der Waals surface area contributed by atoms with E-state index in [0.717, 1.165) is 17.0 Å². The largest absolute Gasteiger partial charge is 0.463 e. The van der Waals surface area contributed by atoms with E-state index >= 15 is 0 Å². The molecule has 0 aliphatic heterocycles. The van der Waals surface area contributed by atoms with Gasteiger partial charge in [-0.2, -0.15) is 0 Å². The lowest BCUT2D eigenvalue weighted by molar-refractivity contribution is -0.917. The van der Waals surface area contributed by atoms with E-state index < -0.39 is 6.10 Å². The molecule has 7 heteroatoms. The summed E-state index contributed by atoms with van der Waals surface area (Å²) in [6.07, 6.45) is 2.26. The minimum Gasteiger partial charge on any atom is -0.463 e. The average molecular weight is 408 g/mol. The highest BCUT2D eigenvalue weighted by Gasteiger charge is 2.19. The first-order valence-corrected chi connectivity index (χ1v) is 10.1. The minimum absolute atomic E-state index is 0.00838. The van der Waals surface area contributed by atoms with Crippen LogP contribution in [0.1, 0.15) is 31.0 Å².